The highest BCUT2D eigenvalue weighted by molar-refractivity contribution is 7.91. The number of rotatable bonds is 8. The molecule has 1 rings (SSSR count). The van der Waals surface area contributed by atoms with Gasteiger partial charge in [-0.15, -0.1) is 0 Å². The Morgan fingerprint density at radius 1 is 1.16 bits per heavy atom. The SMILES string of the molecule is CCNC(CCCS(=O)(=O)CC)c1ccc(C)cc1. The first-order chi connectivity index (χ1) is 8.98. The molecule has 0 saturated heterocycles. The van der Waals surface area contributed by atoms with E-state index in [2.05, 4.69) is 43.4 Å². The van der Waals surface area contributed by atoms with Gasteiger partial charge in [0.25, 0.3) is 0 Å². The summed E-state index contributed by atoms with van der Waals surface area (Å²) < 4.78 is 23.0. The normalized spacial score (nSPS) is 13.4. The van der Waals surface area contributed by atoms with Crippen molar-refractivity contribution in [2.45, 2.75) is 39.7 Å². The number of hydrogen-bond donors (Lipinski definition) is 1. The quantitative estimate of drug-likeness (QED) is 0.798. The van der Waals surface area contributed by atoms with Crippen LogP contribution in [0.3, 0.4) is 0 Å². The predicted molar refractivity (Wildman–Crippen MR) is 81.2 cm³/mol. The van der Waals surface area contributed by atoms with E-state index in [1.807, 2.05) is 0 Å². The highest BCUT2D eigenvalue weighted by atomic mass is 32.2. The molecule has 0 radical (unpaired) electrons. The van der Waals surface area contributed by atoms with Gasteiger partial charge in [0.1, 0.15) is 9.84 Å². The van der Waals surface area contributed by atoms with Crippen molar-refractivity contribution >= 4 is 9.84 Å². The highest BCUT2D eigenvalue weighted by Gasteiger charge is 2.13. The van der Waals surface area contributed by atoms with E-state index < -0.39 is 9.84 Å². The first-order valence-electron chi connectivity index (χ1n) is 6.99. The zero-order valence-electron chi connectivity index (χ0n) is 12.1. The fraction of sp³-hybridized carbons (Fsp3) is 0.600. The van der Waals surface area contributed by atoms with Gasteiger partial charge in [-0.1, -0.05) is 43.7 Å². The zero-order chi connectivity index (χ0) is 14.3. The Hall–Kier alpha value is -0.870. The van der Waals surface area contributed by atoms with Crippen LogP contribution in [0.5, 0.6) is 0 Å². The Kier molecular flexibility index (Phi) is 6.52. The van der Waals surface area contributed by atoms with E-state index in [9.17, 15) is 8.42 Å². The summed E-state index contributed by atoms with van der Waals surface area (Å²) >= 11 is 0. The van der Waals surface area contributed by atoms with Crippen LogP contribution in [-0.4, -0.2) is 26.5 Å². The van der Waals surface area contributed by atoms with Crippen molar-refractivity contribution in [3.05, 3.63) is 35.4 Å². The smallest absolute Gasteiger partial charge is 0.150 e. The lowest BCUT2D eigenvalue weighted by Crippen LogP contribution is -2.22. The molecule has 0 heterocycles. The lowest BCUT2D eigenvalue weighted by molar-refractivity contribution is 0.506. The van der Waals surface area contributed by atoms with Crippen LogP contribution in [0.15, 0.2) is 24.3 Å². The Balaban J connectivity index is 2.61. The Bertz CT molecular complexity index is 465. The van der Waals surface area contributed by atoms with Gasteiger partial charge in [0.05, 0.1) is 5.75 Å². The molecule has 19 heavy (non-hydrogen) atoms. The minimum atomic E-state index is -2.85. The summed E-state index contributed by atoms with van der Waals surface area (Å²) in [5.41, 5.74) is 2.48. The second-order valence-corrected chi connectivity index (χ2v) is 7.37. The van der Waals surface area contributed by atoms with Crippen LogP contribution in [0.2, 0.25) is 0 Å². The molecule has 3 nitrogen and oxygen atoms in total. The maximum atomic E-state index is 11.5. The topological polar surface area (TPSA) is 46.2 Å². The molecule has 0 spiro atoms. The summed E-state index contributed by atoms with van der Waals surface area (Å²) in [6.07, 6.45) is 1.57. The van der Waals surface area contributed by atoms with Gasteiger partial charge < -0.3 is 5.32 Å². The molecule has 0 aliphatic rings. The van der Waals surface area contributed by atoms with E-state index in [0.717, 1.165) is 13.0 Å². The molecule has 1 aromatic carbocycles. The molecule has 1 N–H and O–H groups in total. The molecule has 0 aliphatic heterocycles. The zero-order valence-corrected chi connectivity index (χ0v) is 13.0. The fourth-order valence-corrected chi connectivity index (χ4v) is 2.98. The molecule has 0 saturated carbocycles. The van der Waals surface area contributed by atoms with Crippen LogP contribution < -0.4 is 5.32 Å². The fourth-order valence-electron chi connectivity index (χ4n) is 2.08. The predicted octanol–water partition coefficient (Wildman–Crippen LogP) is 2.86. The van der Waals surface area contributed by atoms with Gasteiger partial charge in [-0.3, -0.25) is 0 Å². The van der Waals surface area contributed by atoms with Crippen molar-refractivity contribution in [1.82, 2.24) is 5.32 Å². The molecule has 1 atom stereocenters. The van der Waals surface area contributed by atoms with Crippen molar-refractivity contribution < 1.29 is 8.42 Å². The number of aryl methyl sites for hydroxylation is 1. The van der Waals surface area contributed by atoms with Crippen molar-refractivity contribution in [3.63, 3.8) is 0 Å². The third-order valence-corrected chi connectivity index (χ3v) is 5.11. The molecule has 1 unspecified atom stereocenters. The number of benzene rings is 1. The van der Waals surface area contributed by atoms with Gasteiger partial charge in [-0.2, -0.15) is 0 Å². The minimum absolute atomic E-state index is 0.239. The van der Waals surface area contributed by atoms with Crippen LogP contribution in [0, 0.1) is 6.92 Å². The summed E-state index contributed by atoms with van der Waals surface area (Å²) in [4.78, 5) is 0. The van der Waals surface area contributed by atoms with Gasteiger partial charge in [0.15, 0.2) is 0 Å². The first kappa shape index (κ1) is 16.2. The van der Waals surface area contributed by atoms with E-state index >= 15 is 0 Å². The van der Waals surface area contributed by atoms with E-state index in [4.69, 9.17) is 0 Å². The standard InChI is InChI=1S/C15H25NO2S/c1-4-16-15(7-6-12-19(17,18)5-2)14-10-8-13(3)9-11-14/h8-11,15-16H,4-7,12H2,1-3H3. The molecule has 1 aromatic rings. The summed E-state index contributed by atoms with van der Waals surface area (Å²) in [6.45, 7) is 6.74. The van der Waals surface area contributed by atoms with Crippen LogP contribution in [0.25, 0.3) is 0 Å². The maximum absolute atomic E-state index is 11.5. The number of hydrogen-bond acceptors (Lipinski definition) is 3. The monoisotopic (exact) mass is 283 g/mol. The van der Waals surface area contributed by atoms with Gasteiger partial charge in [-0.05, 0) is 31.9 Å². The van der Waals surface area contributed by atoms with E-state index in [1.54, 1.807) is 6.92 Å². The summed E-state index contributed by atoms with van der Waals surface area (Å²) in [5.74, 6) is 0.528. The third kappa shape index (κ3) is 5.74. The van der Waals surface area contributed by atoms with Gasteiger partial charge in [0.2, 0.25) is 0 Å². The first-order valence-corrected chi connectivity index (χ1v) is 8.81. The van der Waals surface area contributed by atoms with Crippen molar-refractivity contribution in [3.8, 4) is 0 Å². The molecular weight excluding hydrogens is 258 g/mol. The van der Waals surface area contributed by atoms with Crippen molar-refractivity contribution in [2.75, 3.05) is 18.1 Å². The maximum Gasteiger partial charge on any atom is 0.150 e. The lowest BCUT2D eigenvalue weighted by Gasteiger charge is -2.18. The Labute approximate surface area is 117 Å². The minimum Gasteiger partial charge on any atom is -0.310 e. The van der Waals surface area contributed by atoms with Crippen LogP contribution in [0.1, 0.15) is 43.9 Å². The largest absolute Gasteiger partial charge is 0.310 e. The van der Waals surface area contributed by atoms with Crippen LogP contribution in [0.4, 0.5) is 0 Å². The molecule has 0 aromatic heterocycles. The molecular formula is C15H25NO2S. The summed E-state index contributed by atoms with van der Waals surface area (Å²) in [5, 5.41) is 3.43. The number of sulfone groups is 1. The second-order valence-electron chi connectivity index (χ2n) is 4.90. The van der Waals surface area contributed by atoms with E-state index in [-0.39, 0.29) is 17.5 Å². The number of nitrogens with one attached hydrogen (secondary N) is 1. The van der Waals surface area contributed by atoms with Crippen molar-refractivity contribution in [2.24, 2.45) is 0 Å². The van der Waals surface area contributed by atoms with Crippen LogP contribution in [-0.2, 0) is 9.84 Å². The van der Waals surface area contributed by atoms with Crippen LogP contribution >= 0.6 is 0 Å². The van der Waals surface area contributed by atoms with Gasteiger partial charge in [0, 0.05) is 11.8 Å². The molecule has 0 fully saturated rings. The molecule has 0 amide bonds. The molecule has 108 valence electrons. The molecule has 0 aliphatic carbocycles. The summed E-state index contributed by atoms with van der Waals surface area (Å²) in [6, 6.07) is 8.69. The van der Waals surface area contributed by atoms with Gasteiger partial charge >= 0.3 is 0 Å². The van der Waals surface area contributed by atoms with E-state index in [1.165, 1.54) is 11.1 Å². The third-order valence-electron chi connectivity index (χ3n) is 3.32. The Morgan fingerprint density at radius 3 is 2.32 bits per heavy atom. The van der Waals surface area contributed by atoms with Gasteiger partial charge in [-0.25, -0.2) is 8.42 Å². The lowest BCUT2D eigenvalue weighted by atomic mass is 10.0. The average Bonchev–Trinajstić information content (AvgIpc) is 2.39. The van der Waals surface area contributed by atoms with Crippen molar-refractivity contribution in [1.29, 1.82) is 0 Å². The average molecular weight is 283 g/mol. The Morgan fingerprint density at radius 2 is 1.79 bits per heavy atom. The molecule has 0 bridgehead atoms. The second kappa shape index (κ2) is 7.65. The highest BCUT2D eigenvalue weighted by Crippen LogP contribution is 2.19. The summed E-state index contributed by atoms with van der Waals surface area (Å²) in [7, 11) is -2.85. The van der Waals surface area contributed by atoms with E-state index in [0.29, 0.717) is 6.42 Å². The molecule has 4 heteroatoms.